The molecule has 1 fully saturated rings. The van der Waals surface area contributed by atoms with Crippen LogP contribution in [0.3, 0.4) is 0 Å². The predicted octanol–water partition coefficient (Wildman–Crippen LogP) is 3.95. The Labute approximate surface area is 92.5 Å². The highest BCUT2D eigenvalue weighted by atomic mass is 16.5. The Kier molecular flexibility index (Phi) is 4.10. The van der Waals surface area contributed by atoms with Crippen LogP contribution in [0.15, 0.2) is 30.3 Å². The van der Waals surface area contributed by atoms with Gasteiger partial charge >= 0.3 is 0 Å². The van der Waals surface area contributed by atoms with Crippen molar-refractivity contribution in [3.8, 4) is 0 Å². The SMILES string of the molecule is c1ccc(CO[CH+]C2CCCCC2)cc1. The Morgan fingerprint density at radius 3 is 2.53 bits per heavy atom. The molecule has 0 aliphatic heterocycles. The van der Waals surface area contributed by atoms with Gasteiger partial charge in [-0.1, -0.05) is 36.8 Å². The lowest BCUT2D eigenvalue weighted by Gasteiger charge is -2.13. The standard InChI is InChI=1S/C14H19O/c1-3-7-13(8-4-1)11-15-12-14-9-5-2-6-10-14/h1,3-4,7-8,12,14H,2,5-6,9-11H2/q+1. The zero-order chi connectivity index (χ0) is 10.3. The second-order valence-electron chi connectivity index (χ2n) is 4.33. The molecular weight excluding hydrogens is 184 g/mol. The Balaban J connectivity index is 1.66. The summed E-state index contributed by atoms with van der Waals surface area (Å²) in [5.74, 6) is 0.697. The van der Waals surface area contributed by atoms with Gasteiger partial charge in [0.15, 0.2) is 0 Å². The van der Waals surface area contributed by atoms with Gasteiger partial charge in [0.05, 0.1) is 0 Å². The number of rotatable bonds is 4. The maximum absolute atomic E-state index is 5.63. The molecule has 1 aliphatic carbocycles. The van der Waals surface area contributed by atoms with Gasteiger partial charge in [0.1, 0.15) is 12.5 Å². The third-order valence-electron chi connectivity index (χ3n) is 3.03. The van der Waals surface area contributed by atoms with E-state index in [1.165, 1.54) is 37.7 Å². The van der Waals surface area contributed by atoms with E-state index in [9.17, 15) is 0 Å². The van der Waals surface area contributed by atoms with Gasteiger partial charge in [-0.15, -0.1) is 0 Å². The normalized spacial score (nSPS) is 17.6. The Bertz CT molecular complexity index is 262. The lowest BCUT2D eigenvalue weighted by atomic mass is 9.90. The monoisotopic (exact) mass is 203 g/mol. The molecule has 0 unspecified atom stereocenters. The van der Waals surface area contributed by atoms with E-state index in [4.69, 9.17) is 4.74 Å². The van der Waals surface area contributed by atoms with E-state index in [0.29, 0.717) is 5.92 Å². The van der Waals surface area contributed by atoms with Crippen LogP contribution >= 0.6 is 0 Å². The molecule has 1 aromatic carbocycles. The molecule has 0 aromatic heterocycles. The Morgan fingerprint density at radius 2 is 1.80 bits per heavy atom. The van der Waals surface area contributed by atoms with Gasteiger partial charge in [-0.25, -0.2) is 0 Å². The largest absolute Gasteiger partial charge is 0.230 e. The summed E-state index contributed by atoms with van der Waals surface area (Å²) in [5, 5.41) is 0. The van der Waals surface area contributed by atoms with Gasteiger partial charge in [-0.3, -0.25) is 0 Å². The van der Waals surface area contributed by atoms with Crippen molar-refractivity contribution in [3.63, 3.8) is 0 Å². The molecular formula is C14H19O+. The smallest absolute Gasteiger partial charge is 0.192 e. The molecule has 1 aromatic rings. The summed E-state index contributed by atoms with van der Waals surface area (Å²) in [6.45, 7) is 2.78. The van der Waals surface area contributed by atoms with Crippen LogP contribution in [0.4, 0.5) is 0 Å². The minimum atomic E-state index is 0.697. The highest BCUT2D eigenvalue weighted by molar-refractivity contribution is 5.13. The highest BCUT2D eigenvalue weighted by Crippen LogP contribution is 2.26. The highest BCUT2D eigenvalue weighted by Gasteiger charge is 2.21. The molecule has 1 aliphatic rings. The van der Waals surface area contributed by atoms with Crippen LogP contribution in [0.2, 0.25) is 0 Å². The average molecular weight is 203 g/mol. The van der Waals surface area contributed by atoms with Crippen molar-refractivity contribution in [2.24, 2.45) is 5.92 Å². The molecule has 1 saturated carbocycles. The zero-order valence-corrected chi connectivity index (χ0v) is 9.19. The second kappa shape index (κ2) is 5.82. The first-order valence-electron chi connectivity index (χ1n) is 5.94. The van der Waals surface area contributed by atoms with E-state index in [0.717, 1.165) is 6.61 Å². The molecule has 0 bridgehead atoms. The molecule has 0 atom stereocenters. The van der Waals surface area contributed by atoms with Crippen molar-refractivity contribution >= 4 is 0 Å². The molecule has 0 heterocycles. The van der Waals surface area contributed by atoms with Crippen LogP contribution in [0.1, 0.15) is 37.7 Å². The van der Waals surface area contributed by atoms with E-state index in [1.807, 2.05) is 6.07 Å². The van der Waals surface area contributed by atoms with Gasteiger partial charge in [0.25, 0.3) is 0 Å². The zero-order valence-electron chi connectivity index (χ0n) is 9.19. The maximum atomic E-state index is 5.63. The molecule has 0 radical (unpaired) electrons. The van der Waals surface area contributed by atoms with Crippen LogP contribution in [0, 0.1) is 12.5 Å². The summed E-state index contributed by atoms with van der Waals surface area (Å²) in [6, 6.07) is 10.4. The lowest BCUT2D eigenvalue weighted by Crippen LogP contribution is -2.08. The first-order valence-corrected chi connectivity index (χ1v) is 5.94. The first-order chi connectivity index (χ1) is 7.45. The van der Waals surface area contributed by atoms with Crippen LogP contribution in [-0.4, -0.2) is 0 Å². The number of hydrogen-bond acceptors (Lipinski definition) is 1. The van der Waals surface area contributed by atoms with Crippen LogP contribution < -0.4 is 0 Å². The van der Waals surface area contributed by atoms with Crippen LogP contribution in [-0.2, 0) is 11.3 Å². The minimum absolute atomic E-state index is 0.697. The third-order valence-corrected chi connectivity index (χ3v) is 3.03. The van der Waals surface area contributed by atoms with Crippen molar-refractivity contribution in [3.05, 3.63) is 42.5 Å². The molecule has 0 saturated heterocycles. The van der Waals surface area contributed by atoms with Crippen molar-refractivity contribution < 1.29 is 4.74 Å². The third kappa shape index (κ3) is 3.60. The van der Waals surface area contributed by atoms with Gasteiger partial charge in [0.2, 0.25) is 6.61 Å². The fourth-order valence-corrected chi connectivity index (χ4v) is 2.12. The van der Waals surface area contributed by atoms with E-state index in [-0.39, 0.29) is 0 Å². The summed E-state index contributed by atoms with van der Waals surface area (Å²) >= 11 is 0. The Morgan fingerprint density at radius 1 is 1.07 bits per heavy atom. The first kappa shape index (κ1) is 10.6. The molecule has 2 rings (SSSR count). The van der Waals surface area contributed by atoms with Crippen molar-refractivity contribution in [2.75, 3.05) is 0 Å². The molecule has 0 amide bonds. The fraction of sp³-hybridized carbons (Fsp3) is 0.500. The minimum Gasteiger partial charge on any atom is -0.192 e. The molecule has 0 spiro atoms. The summed E-state index contributed by atoms with van der Waals surface area (Å²) in [6.07, 6.45) is 6.78. The van der Waals surface area contributed by atoms with E-state index < -0.39 is 0 Å². The number of hydrogen-bond donors (Lipinski definition) is 0. The summed E-state index contributed by atoms with van der Waals surface area (Å²) < 4.78 is 5.63. The van der Waals surface area contributed by atoms with E-state index in [1.54, 1.807) is 0 Å². The van der Waals surface area contributed by atoms with Crippen LogP contribution in [0.25, 0.3) is 0 Å². The van der Waals surface area contributed by atoms with Gasteiger partial charge in [-0.05, 0) is 31.2 Å². The van der Waals surface area contributed by atoms with Crippen molar-refractivity contribution in [2.45, 2.75) is 38.7 Å². The van der Waals surface area contributed by atoms with Gasteiger partial charge < -0.3 is 0 Å². The van der Waals surface area contributed by atoms with Crippen molar-refractivity contribution in [1.29, 1.82) is 0 Å². The molecule has 0 N–H and O–H groups in total. The van der Waals surface area contributed by atoms with E-state index in [2.05, 4.69) is 30.9 Å². The van der Waals surface area contributed by atoms with Crippen LogP contribution in [0.5, 0.6) is 0 Å². The number of ether oxygens (including phenoxy) is 1. The Hall–Kier alpha value is -0.950. The summed E-state index contributed by atoms with van der Waals surface area (Å²) in [5.41, 5.74) is 1.25. The fourth-order valence-electron chi connectivity index (χ4n) is 2.12. The van der Waals surface area contributed by atoms with Crippen molar-refractivity contribution in [1.82, 2.24) is 0 Å². The summed E-state index contributed by atoms with van der Waals surface area (Å²) in [4.78, 5) is 0. The van der Waals surface area contributed by atoms with E-state index >= 15 is 0 Å². The second-order valence-corrected chi connectivity index (χ2v) is 4.33. The molecule has 15 heavy (non-hydrogen) atoms. The summed E-state index contributed by atoms with van der Waals surface area (Å²) in [7, 11) is 0. The lowest BCUT2D eigenvalue weighted by molar-refractivity contribution is 0.137. The maximum Gasteiger partial charge on any atom is 0.230 e. The molecule has 1 nitrogen and oxygen atoms in total. The van der Waals surface area contributed by atoms with Gasteiger partial charge in [0, 0.05) is 0 Å². The molecule has 80 valence electrons. The average Bonchev–Trinajstić information content (AvgIpc) is 2.32. The topological polar surface area (TPSA) is 9.23 Å². The molecule has 1 heteroatoms. The quantitative estimate of drug-likeness (QED) is 0.673. The van der Waals surface area contributed by atoms with Gasteiger partial charge in [-0.2, -0.15) is 4.74 Å². The number of benzene rings is 1. The predicted molar refractivity (Wildman–Crippen MR) is 62.1 cm³/mol.